The molecule has 0 spiro atoms. The third-order valence-electron chi connectivity index (χ3n) is 4.61. The van der Waals surface area contributed by atoms with Crippen molar-refractivity contribution in [1.29, 1.82) is 0 Å². The lowest BCUT2D eigenvalue weighted by Gasteiger charge is -2.36. The van der Waals surface area contributed by atoms with Gasteiger partial charge in [0.25, 0.3) is 5.82 Å². The van der Waals surface area contributed by atoms with E-state index in [1.807, 2.05) is 24.8 Å². The molecule has 4 heterocycles. The zero-order chi connectivity index (χ0) is 20.6. The lowest BCUT2D eigenvalue weighted by atomic mass is 10.3. The second kappa shape index (κ2) is 7.33. The molecule has 12 heteroatoms. The van der Waals surface area contributed by atoms with Gasteiger partial charge < -0.3 is 15.1 Å². The van der Waals surface area contributed by atoms with Crippen LogP contribution >= 0.6 is 0 Å². The van der Waals surface area contributed by atoms with Crippen LogP contribution in [0.5, 0.6) is 0 Å². The minimum Gasteiger partial charge on any atom is -0.354 e. The Hall–Kier alpha value is -3.18. The molecule has 0 atom stereocenters. The van der Waals surface area contributed by atoms with Gasteiger partial charge in [-0.1, -0.05) is 0 Å². The summed E-state index contributed by atoms with van der Waals surface area (Å²) in [6, 6.07) is 5.08. The maximum Gasteiger partial charge on any atom is 0.453 e. The Bertz CT molecular complexity index is 1010. The summed E-state index contributed by atoms with van der Waals surface area (Å²) < 4.78 is 40.0. The van der Waals surface area contributed by atoms with E-state index in [1.54, 1.807) is 6.07 Å². The van der Waals surface area contributed by atoms with Gasteiger partial charge in [-0.3, -0.25) is 0 Å². The Labute approximate surface area is 164 Å². The quantitative estimate of drug-likeness (QED) is 0.703. The number of aromatic nitrogens is 6. The molecular formula is C17H20F3N9. The number of hydrogen-bond acceptors (Lipinski definition) is 8. The van der Waals surface area contributed by atoms with E-state index in [2.05, 4.69) is 35.5 Å². The molecule has 154 valence electrons. The number of nitrogens with one attached hydrogen (secondary N) is 1. The van der Waals surface area contributed by atoms with E-state index >= 15 is 0 Å². The Morgan fingerprint density at radius 2 is 1.69 bits per heavy atom. The molecule has 1 aliphatic rings. The average molecular weight is 407 g/mol. The Morgan fingerprint density at radius 1 is 1.00 bits per heavy atom. The highest BCUT2D eigenvalue weighted by Crippen LogP contribution is 2.28. The summed E-state index contributed by atoms with van der Waals surface area (Å²) in [5, 5.41) is 14.0. The number of alkyl halides is 3. The van der Waals surface area contributed by atoms with E-state index < -0.39 is 12.0 Å². The van der Waals surface area contributed by atoms with Gasteiger partial charge in [0, 0.05) is 44.5 Å². The van der Waals surface area contributed by atoms with Crippen molar-refractivity contribution in [3.63, 3.8) is 0 Å². The van der Waals surface area contributed by atoms with Crippen molar-refractivity contribution < 1.29 is 13.2 Å². The Kier molecular flexibility index (Phi) is 4.84. The first-order valence-electron chi connectivity index (χ1n) is 9.24. The minimum atomic E-state index is -4.61. The summed E-state index contributed by atoms with van der Waals surface area (Å²) in [5.74, 6) is 0.745. The number of anilines is 3. The van der Waals surface area contributed by atoms with Gasteiger partial charge in [-0.05, 0) is 26.0 Å². The fraction of sp³-hybridized carbons (Fsp3) is 0.471. The number of nitrogens with zero attached hydrogens (tertiary/aromatic N) is 8. The topological polar surface area (TPSA) is 87.4 Å². The molecule has 0 unspecified atom stereocenters. The maximum atomic E-state index is 13.1. The molecule has 3 aromatic heterocycles. The average Bonchev–Trinajstić information content (AvgIpc) is 3.11. The lowest BCUT2D eigenvalue weighted by molar-refractivity contribution is -0.146. The Balaban J connectivity index is 1.51. The van der Waals surface area contributed by atoms with Crippen LogP contribution in [0.4, 0.5) is 30.8 Å². The van der Waals surface area contributed by atoms with Gasteiger partial charge in [0.05, 0.1) is 0 Å². The molecule has 0 aromatic carbocycles. The first-order valence-corrected chi connectivity index (χ1v) is 9.24. The van der Waals surface area contributed by atoms with Gasteiger partial charge in [0.15, 0.2) is 5.65 Å². The number of aryl methyl sites for hydroxylation is 1. The monoisotopic (exact) mass is 407 g/mol. The molecule has 0 aliphatic carbocycles. The largest absolute Gasteiger partial charge is 0.453 e. The van der Waals surface area contributed by atoms with Gasteiger partial charge in [0.1, 0.15) is 11.6 Å². The van der Waals surface area contributed by atoms with Crippen molar-refractivity contribution in [3.8, 4) is 0 Å². The highest BCUT2D eigenvalue weighted by Gasteiger charge is 2.37. The van der Waals surface area contributed by atoms with Crippen LogP contribution < -0.4 is 15.1 Å². The summed E-state index contributed by atoms with van der Waals surface area (Å²) in [6.45, 7) is 7.15. The third kappa shape index (κ3) is 3.87. The van der Waals surface area contributed by atoms with E-state index in [4.69, 9.17) is 0 Å². The molecule has 29 heavy (non-hydrogen) atoms. The standard InChI is InChI=1S/C17H20F3N9/c1-3-21-16-22-11(2)10-14(23-16)28-8-6-27(7-9-28)13-5-4-12-24-25-15(17(18,19)20)29(12)26-13/h4-5,10H,3,6-9H2,1-2H3,(H,21,22,23). The summed E-state index contributed by atoms with van der Waals surface area (Å²) in [5.41, 5.74) is 0.930. The molecule has 0 saturated carbocycles. The normalized spacial score (nSPS) is 15.2. The van der Waals surface area contributed by atoms with Gasteiger partial charge in [-0.25, -0.2) is 4.98 Å². The van der Waals surface area contributed by atoms with Crippen LogP contribution in [0.2, 0.25) is 0 Å². The highest BCUT2D eigenvalue weighted by atomic mass is 19.4. The van der Waals surface area contributed by atoms with Crippen LogP contribution in [-0.2, 0) is 6.18 Å². The number of fused-ring (bicyclic) bond motifs is 1. The van der Waals surface area contributed by atoms with Crippen LogP contribution in [0.3, 0.4) is 0 Å². The first-order chi connectivity index (χ1) is 13.8. The second-order valence-electron chi connectivity index (χ2n) is 6.68. The first kappa shape index (κ1) is 19.2. The predicted octanol–water partition coefficient (Wildman–Crippen LogP) is 2.00. The van der Waals surface area contributed by atoms with Gasteiger partial charge >= 0.3 is 6.18 Å². The summed E-state index contributed by atoms with van der Waals surface area (Å²) >= 11 is 0. The van der Waals surface area contributed by atoms with Crippen molar-refractivity contribution in [2.24, 2.45) is 0 Å². The number of piperazine rings is 1. The number of rotatable bonds is 4. The summed E-state index contributed by atoms with van der Waals surface area (Å²) in [6.07, 6.45) is -4.61. The van der Waals surface area contributed by atoms with Crippen molar-refractivity contribution in [2.45, 2.75) is 20.0 Å². The molecule has 3 aromatic rings. The fourth-order valence-corrected chi connectivity index (χ4v) is 3.24. The summed E-state index contributed by atoms with van der Waals surface area (Å²) in [4.78, 5) is 13.0. The second-order valence-corrected chi connectivity index (χ2v) is 6.68. The van der Waals surface area contributed by atoms with E-state index in [0.717, 1.165) is 22.6 Å². The van der Waals surface area contributed by atoms with E-state index in [9.17, 15) is 13.2 Å². The molecule has 1 N–H and O–H groups in total. The molecule has 1 aliphatic heterocycles. The van der Waals surface area contributed by atoms with Gasteiger partial charge in [-0.2, -0.15) is 22.7 Å². The zero-order valence-electron chi connectivity index (χ0n) is 16.0. The van der Waals surface area contributed by atoms with Crippen molar-refractivity contribution >= 4 is 23.2 Å². The van der Waals surface area contributed by atoms with Crippen LogP contribution in [0, 0.1) is 6.92 Å². The molecule has 1 saturated heterocycles. The Morgan fingerprint density at radius 3 is 2.34 bits per heavy atom. The van der Waals surface area contributed by atoms with E-state index in [0.29, 0.717) is 37.9 Å². The lowest BCUT2D eigenvalue weighted by Crippen LogP contribution is -2.47. The van der Waals surface area contributed by atoms with Gasteiger partial charge in [-0.15, -0.1) is 15.3 Å². The van der Waals surface area contributed by atoms with E-state index in [-0.39, 0.29) is 5.65 Å². The van der Waals surface area contributed by atoms with Crippen LogP contribution in [0.1, 0.15) is 18.4 Å². The zero-order valence-corrected chi connectivity index (χ0v) is 16.0. The predicted molar refractivity (Wildman–Crippen MR) is 101 cm³/mol. The molecular weight excluding hydrogens is 387 g/mol. The fourth-order valence-electron chi connectivity index (χ4n) is 3.24. The third-order valence-corrected chi connectivity index (χ3v) is 4.61. The maximum absolute atomic E-state index is 13.1. The van der Waals surface area contributed by atoms with Crippen LogP contribution in [0.25, 0.3) is 5.65 Å². The van der Waals surface area contributed by atoms with Crippen LogP contribution in [-0.4, -0.2) is 62.5 Å². The molecule has 4 rings (SSSR count). The molecule has 0 bridgehead atoms. The number of halogens is 3. The summed E-state index contributed by atoms with van der Waals surface area (Å²) in [7, 11) is 0. The smallest absolute Gasteiger partial charge is 0.354 e. The molecule has 9 nitrogen and oxygen atoms in total. The van der Waals surface area contributed by atoms with Crippen LogP contribution in [0.15, 0.2) is 18.2 Å². The van der Waals surface area contributed by atoms with Crippen molar-refractivity contribution in [2.75, 3.05) is 47.8 Å². The molecule has 1 fully saturated rings. The molecule has 0 amide bonds. The molecule has 0 radical (unpaired) electrons. The van der Waals surface area contributed by atoms with Crippen molar-refractivity contribution in [3.05, 3.63) is 29.7 Å². The SMILES string of the molecule is CCNc1nc(C)cc(N2CCN(c3ccc4nnc(C(F)(F)F)n4n3)CC2)n1. The van der Waals surface area contributed by atoms with E-state index in [1.165, 1.54) is 6.07 Å². The number of hydrogen-bond donors (Lipinski definition) is 1. The highest BCUT2D eigenvalue weighted by molar-refractivity contribution is 5.50. The van der Waals surface area contributed by atoms with Crippen molar-refractivity contribution in [1.82, 2.24) is 29.8 Å². The minimum absolute atomic E-state index is 0.0622. The van der Waals surface area contributed by atoms with Gasteiger partial charge in [0.2, 0.25) is 5.95 Å².